The number of anilines is 1. The minimum Gasteiger partial charge on any atom is -0.324 e. The molecule has 0 spiro atoms. The highest BCUT2D eigenvalue weighted by atomic mass is 32.2. The van der Waals surface area contributed by atoms with Crippen molar-refractivity contribution in [1.82, 2.24) is 4.31 Å². The Balaban J connectivity index is 1.62. The topological polar surface area (TPSA) is 66.5 Å². The number of hydrogen-bond donors (Lipinski definition) is 1. The maximum Gasteiger partial charge on any atom is 0.243 e. The Morgan fingerprint density at radius 2 is 1.76 bits per heavy atom. The molecule has 1 heterocycles. The van der Waals surface area contributed by atoms with E-state index < -0.39 is 16.1 Å². The van der Waals surface area contributed by atoms with Crippen LogP contribution in [0.1, 0.15) is 24.0 Å². The second-order valence-corrected chi connectivity index (χ2v) is 9.41. The van der Waals surface area contributed by atoms with Gasteiger partial charge in [0.05, 0.1) is 4.90 Å². The number of aryl methyl sites for hydroxylation is 1. The van der Waals surface area contributed by atoms with E-state index in [0.717, 1.165) is 27.6 Å². The molecule has 1 saturated heterocycles. The summed E-state index contributed by atoms with van der Waals surface area (Å²) in [5, 5.41) is 4.78. The Bertz CT molecular complexity index is 1190. The van der Waals surface area contributed by atoms with Crippen LogP contribution < -0.4 is 5.32 Å². The zero-order valence-electron chi connectivity index (χ0n) is 16.6. The average molecular weight is 409 g/mol. The summed E-state index contributed by atoms with van der Waals surface area (Å²) in [6.45, 7) is 4.28. The Morgan fingerprint density at radius 1 is 1.00 bits per heavy atom. The van der Waals surface area contributed by atoms with Crippen molar-refractivity contribution in [3.63, 3.8) is 0 Å². The standard InChI is InChI=1S/C23H24N2O3S/c1-16-7-5-10-21(17(16)2)24-23(26)22-11-6-14-25(22)29(27,28)20-13-12-18-8-3-4-9-19(18)15-20/h3-5,7-10,12-13,15,22H,6,11,14H2,1-2H3,(H,24,26)/t22-/m1/s1. The molecule has 0 bridgehead atoms. The smallest absolute Gasteiger partial charge is 0.243 e. The number of rotatable bonds is 4. The normalized spacial score (nSPS) is 17.5. The van der Waals surface area contributed by atoms with E-state index >= 15 is 0 Å². The van der Waals surface area contributed by atoms with Gasteiger partial charge in [-0.2, -0.15) is 4.31 Å². The summed E-state index contributed by atoms with van der Waals surface area (Å²) < 4.78 is 28.0. The van der Waals surface area contributed by atoms with Gasteiger partial charge in [-0.1, -0.05) is 42.5 Å². The van der Waals surface area contributed by atoms with Gasteiger partial charge >= 0.3 is 0 Å². The molecule has 1 atom stereocenters. The summed E-state index contributed by atoms with van der Waals surface area (Å²) in [6, 6.07) is 17.8. The fraction of sp³-hybridized carbons (Fsp3) is 0.261. The van der Waals surface area contributed by atoms with Gasteiger partial charge < -0.3 is 5.32 Å². The van der Waals surface area contributed by atoms with Gasteiger partial charge in [0.1, 0.15) is 6.04 Å². The lowest BCUT2D eigenvalue weighted by molar-refractivity contribution is -0.119. The van der Waals surface area contributed by atoms with Crippen LogP contribution in [-0.4, -0.2) is 31.2 Å². The van der Waals surface area contributed by atoms with Crippen molar-refractivity contribution in [3.8, 4) is 0 Å². The summed E-state index contributed by atoms with van der Waals surface area (Å²) in [7, 11) is -3.76. The van der Waals surface area contributed by atoms with Crippen LogP contribution in [0.15, 0.2) is 65.6 Å². The Kier molecular flexibility index (Phi) is 5.15. The third-order valence-corrected chi connectivity index (χ3v) is 7.60. The number of benzene rings is 3. The molecule has 6 heteroatoms. The molecular formula is C23H24N2O3S. The van der Waals surface area contributed by atoms with Crippen LogP contribution in [0.25, 0.3) is 10.8 Å². The maximum absolute atomic E-state index is 13.3. The van der Waals surface area contributed by atoms with Crippen molar-refractivity contribution in [3.05, 3.63) is 71.8 Å². The van der Waals surface area contributed by atoms with Crippen LogP contribution in [0.3, 0.4) is 0 Å². The second kappa shape index (κ2) is 7.61. The molecule has 0 aromatic heterocycles. The molecule has 0 saturated carbocycles. The van der Waals surface area contributed by atoms with Crippen molar-refractivity contribution in [2.24, 2.45) is 0 Å². The van der Waals surface area contributed by atoms with Gasteiger partial charge in [0.15, 0.2) is 0 Å². The van der Waals surface area contributed by atoms with Gasteiger partial charge in [0, 0.05) is 12.2 Å². The first kappa shape index (κ1) is 19.6. The molecule has 1 amide bonds. The summed E-state index contributed by atoms with van der Waals surface area (Å²) >= 11 is 0. The lowest BCUT2D eigenvalue weighted by Crippen LogP contribution is -2.43. The molecular weight excluding hydrogens is 384 g/mol. The first-order valence-electron chi connectivity index (χ1n) is 9.75. The largest absolute Gasteiger partial charge is 0.324 e. The molecule has 4 rings (SSSR count). The Labute approximate surface area is 171 Å². The monoisotopic (exact) mass is 408 g/mol. The van der Waals surface area contributed by atoms with Crippen molar-refractivity contribution in [2.45, 2.75) is 37.6 Å². The highest BCUT2D eigenvalue weighted by molar-refractivity contribution is 7.89. The number of carbonyl (C=O) groups excluding carboxylic acids is 1. The third-order valence-electron chi connectivity index (χ3n) is 5.70. The minimum absolute atomic E-state index is 0.225. The van der Waals surface area contributed by atoms with Crippen LogP contribution in [0.5, 0.6) is 0 Å². The van der Waals surface area contributed by atoms with Gasteiger partial charge in [-0.15, -0.1) is 0 Å². The van der Waals surface area contributed by atoms with Gasteiger partial charge in [0.25, 0.3) is 0 Å². The molecule has 1 aliphatic heterocycles. The van der Waals surface area contributed by atoms with E-state index in [2.05, 4.69) is 5.32 Å². The summed E-state index contributed by atoms with van der Waals surface area (Å²) in [6.07, 6.45) is 1.18. The number of carbonyl (C=O) groups is 1. The number of nitrogens with one attached hydrogen (secondary N) is 1. The number of nitrogens with zero attached hydrogens (tertiary/aromatic N) is 1. The highest BCUT2D eigenvalue weighted by Gasteiger charge is 2.39. The SMILES string of the molecule is Cc1cccc(NC(=O)[C@H]2CCCN2S(=O)(=O)c2ccc3ccccc3c2)c1C. The van der Waals surface area contributed by atoms with Gasteiger partial charge in [-0.3, -0.25) is 4.79 Å². The van der Waals surface area contributed by atoms with Crippen molar-refractivity contribution in [2.75, 3.05) is 11.9 Å². The van der Waals surface area contributed by atoms with Crippen LogP contribution in [-0.2, 0) is 14.8 Å². The average Bonchev–Trinajstić information content (AvgIpc) is 3.22. The van der Waals surface area contributed by atoms with Crippen LogP contribution in [0, 0.1) is 13.8 Å². The predicted octanol–water partition coefficient (Wildman–Crippen LogP) is 4.25. The van der Waals surface area contributed by atoms with E-state index in [-0.39, 0.29) is 10.8 Å². The fourth-order valence-electron chi connectivity index (χ4n) is 3.86. The van der Waals surface area contributed by atoms with E-state index in [1.54, 1.807) is 12.1 Å². The molecule has 3 aromatic carbocycles. The van der Waals surface area contributed by atoms with Crippen molar-refractivity contribution in [1.29, 1.82) is 0 Å². The number of fused-ring (bicyclic) bond motifs is 1. The molecule has 29 heavy (non-hydrogen) atoms. The molecule has 150 valence electrons. The first-order valence-corrected chi connectivity index (χ1v) is 11.2. The maximum atomic E-state index is 13.3. The van der Waals surface area contributed by atoms with Gasteiger partial charge in [-0.05, 0) is 66.8 Å². The van der Waals surface area contributed by atoms with Gasteiger partial charge in [-0.25, -0.2) is 8.42 Å². The van der Waals surface area contributed by atoms with E-state index in [1.807, 2.05) is 62.4 Å². The molecule has 1 N–H and O–H groups in total. The van der Waals surface area contributed by atoms with E-state index in [4.69, 9.17) is 0 Å². The van der Waals surface area contributed by atoms with E-state index in [9.17, 15) is 13.2 Å². The fourth-order valence-corrected chi connectivity index (χ4v) is 5.55. The lowest BCUT2D eigenvalue weighted by Gasteiger charge is -2.24. The first-order chi connectivity index (χ1) is 13.9. The van der Waals surface area contributed by atoms with E-state index in [1.165, 1.54) is 4.31 Å². The molecule has 3 aromatic rings. The van der Waals surface area contributed by atoms with Crippen molar-refractivity contribution < 1.29 is 13.2 Å². The highest BCUT2D eigenvalue weighted by Crippen LogP contribution is 2.29. The van der Waals surface area contributed by atoms with Crippen LogP contribution in [0.4, 0.5) is 5.69 Å². The quantitative estimate of drug-likeness (QED) is 0.702. The van der Waals surface area contributed by atoms with Crippen LogP contribution in [0.2, 0.25) is 0 Å². The molecule has 5 nitrogen and oxygen atoms in total. The van der Waals surface area contributed by atoms with E-state index in [0.29, 0.717) is 19.4 Å². The number of hydrogen-bond acceptors (Lipinski definition) is 3. The summed E-state index contributed by atoms with van der Waals surface area (Å²) in [4.78, 5) is 13.2. The Morgan fingerprint density at radius 3 is 2.55 bits per heavy atom. The summed E-state index contributed by atoms with van der Waals surface area (Å²) in [5.41, 5.74) is 2.79. The molecule has 1 fully saturated rings. The van der Waals surface area contributed by atoms with Crippen LogP contribution >= 0.6 is 0 Å². The molecule has 0 aliphatic carbocycles. The number of amides is 1. The Hall–Kier alpha value is -2.70. The summed E-state index contributed by atoms with van der Waals surface area (Å²) in [5.74, 6) is -0.277. The number of sulfonamides is 1. The molecule has 0 radical (unpaired) electrons. The predicted molar refractivity (Wildman–Crippen MR) is 115 cm³/mol. The van der Waals surface area contributed by atoms with Gasteiger partial charge in [0.2, 0.25) is 15.9 Å². The zero-order valence-corrected chi connectivity index (χ0v) is 17.4. The lowest BCUT2D eigenvalue weighted by atomic mass is 10.1. The molecule has 1 aliphatic rings. The minimum atomic E-state index is -3.76. The third kappa shape index (κ3) is 3.66. The van der Waals surface area contributed by atoms with Crippen molar-refractivity contribution >= 4 is 32.4 Å². The second-order valence-electron chi connectivity index (χ2n) is 7.52. The zero-order chi connectivity index (χ0) is 20.6. The molecule has 0 unspecified atom stereocenters.